The maximum absolute atomic E-state index is 12.2. The SMILES string of the molecule is Cc1ccc(OCc2nnc(SCC(=O)Nc3ccc(Cl)cc3Cl)n2C)cc1. The van der Waals surface area contributed by atoms with Gasteiger partial charge >= 0.3 is 0 Å². The van der Waals surface area contributed by atoms with Gasteiger partial charge in [0, 0.05) is 12.1 Å². The first-order valence-electron chi connectivity index (χ1n) is 8.38. The third kappa shape index (κ3) is 5.41. The van der Waals surface area contributed by atoms with E-state index in [-0.39, 0.29) is 11.7 Å². The summed E-state index contributed by atoms with van der Waals surface area (Å²) in [6, 6.07) is 12.7. The van der Waals surface area contributed by atoms with E-state index in [0.717, 1.165) is 5.75 Å². The molecular weight excluding hydrogens is 419 g/mol. The molecule has 0 saturated carbocycles. The van der Waals surface area contributed by atoms with Gasteiger partial charge < -0.3 is 14.6 Å². The summed E-state index contributed by atoms with van der Waals surface area (Å²) in [5, 5.41) is 12.5. The lowest BCUT2D eigenvalue weighted by molar-refractivity contribution is -0.113. The Kier molecular flexibility index (Phi) is 6.83. The quantitative estimate of drug-likeness (QED) is 0.541. The second-order valence-electron chi connectivity index (χ2n) is 6.02. The van der Waals surface area contributed by atoms with Gasteiger partial charge in [-0.15, -0.1) is 10.2 Å². The van der Waals surface area contributed by atoms with Gasteiger partial charge in [-0.25, -0.2) is 0 Å². The van der Waals surface area contributed by atoms with Crippen LogP contribution < -0.4 is 10.1 Å². The standard InChI is InChI=1S/C19H18Cl2N4O2S/c1-12-3-6-14(7-4-12)27-10-17-23-24-19(25(17)2)28-11-18(26)22-16-8-5-13(20)9-15(16)21/h3-9H,10-11H2,1-2H3,(H,22,26). The highest BCUT2D eigenvalue weighted by molar-refractivity contribution is 7.99. The van der Waals surface area contributed by atoms with E-state index in [1.54, 1.807) is 22.8 Å². The molecule has 0 unspecified atom stereocenters. The summed E-state index contributed by atoms with van der Waals surface area (Å²) in [5.41, 5.74) is 1.68. The van der Waals surface area contributed by atoms with Crippen LogP contribution in [0.4, 0.5) is 5.69 Å². The first kappa shape index (κ1) is 20.5. The highest BCUT2D eigenvalue weighted by atomic mass is 35.5. The van der Waals surface area contributed by atoms with Gasteiger partial charge in [-0.3, -0.25) is 4.79 Å². The lowest BCUT2D eigenvalue weighted by atomic mass is 10.2. The van der Waals surface area contributed by atoms with Crippen molar-refractivity contribution in [2.45, 2.75) is 18.7 Å². The van der Waals surface area contributed by atoms with Crippen molar-refractivity contribution in [3.05, 3.63) is 63.9 Å². The van der Waals surface area contributed by atoms with Gasteiger partial charge in [0.15, 0.2) is 11.0 Å². The molecule has 0 saturated heterocycles. The van der Waals surface area contributed by atoms with Gasteiger partial charge in [-0.1, -0.05) is 52.7 Å². The Morgan fingerprint density at radius 2 is 1.93 bits per heavy atom. The summed E-state index contributed by atoms with van der Waals surface area (Å²) in [6.07, 6.45) is 0. The molecule has 0 radical (unpaired) electrons. The zero-order valence-corrected chi connectivity index (χ0v) is 17.6. The molecule has 0 aliphatic rings. The number of nitrogens with zero attached hydrogens (tertiary/aromatic N) is 3. The highest BCUT2D eigenvalue weighted by Gasteiger charge is 2.13. The Bertz CT molecular complexity index is 977. The molecule has 1 heterocycles. The Hall–Kier alpha value is -2.22. The van der Waals surface area contributed by atoms with Crippen molar-refractivity contribution < 1.29 is 9.53 Å². The first-order valence-corrected chi connectivity index (χ1v) is 10.1. The van der Waals surface area contributed by atoms with Crippen LogP contribution in [0.5, 0.6) is 5.75 Å². The maximum Gasteiger partial charge on any atom is 0.234 e. The van der Waals surface area contributed by atoms with Crippen LogP contribution in [-0.2, 0) is 18.4 Å². The molecule has 1 aromatic heterocycles. The number of hydrogen-bond donors (Lipinski definition) is 1. The van der Waals surface area contributed by atoms with Crippen LogP contribution in [0, 0.1) is 6.92 Å². The fourth-order valence-electron chi connectivity index (χ4n) is 2.29. The van der Waals surface area contributed by atoms with Gasteiger partial charge in [0.05, 0.1) is 16.5 Å². The molecule has 9 heteroatoms. The summed E-state index contributed by atoms with van der Waals surface area (Å²) < 4.78 is 7.54. The number of nitrogens with one attached hydrogen (secondary N) is 1. The number of thioether (sulfide) groups is 1. The van der Waals surface area contributed by atoms with Crippen LogP contribution in [0.1, 0.15) is 11.4 Å². The van der Waals surface area contributed by atoms with Crippen molar-refractivity contribution >= 4 is 46.6 Å². The van der Waals surface area contributed by atoms with Crippen LogP contribution in [-0.4, -0.2) is 26.4 Å². The largest absolute Gasteiger partial charge is 0.486 e. The highest BCUT2D eigenvalue weighted by Crippen LogP contribution is 2.26. The number of aryl methyl sites for hydroxylation is 1. The summed E-state index contributed by atoms with van der Waals surface area (Å²) in [4.78, 5) is 12.2. The average molecular weight is 437 g/mol. The molecule has 0 spiro atoms. The summed E-state index contributed by atoms with van der Waals surface area (Å²) >= 11 is 13.2. The van der Waals surface area contributed by atoms with Gasteiger partial charge in [0.1, 0.15) is 12.4 Å². The lowest BCUT2D eigenvalue weighted by Gasteiger charge is -2.08. The monoisotopic (exact) mass is 436 g/mol. The van der Waals surface area contributed by atoms with E-state index in [1.807, 2.05) is 38.2 Å². The number of benzene rings is 2. The number of anilines is 1. The van der Waals surface area contributed by atoms with E-state index < -0.39 is 0 Å². The van der Waals surface area contributed by atoms with Crippen LogP contribution in [0.15, 0.2) is 47.6 Å². The zero-order chi connectivity index (χ0) is 20.1. The molecule has 0 bridgehead atoms. The van der Waals surface area contributed by atoms with Crippen molar-refractivity contribution in [1.29, 1.82) is 0 Å². The predicted octanol–water partition coefficient (Wildman–Crippen LogP) is 4.74. The number of aromatic nitrogens is 3. The van der Waals surface area contributed by atoms with E-state index in [4.69, 9.17) is 27.9 Å². The van der Waals surface area contributed by atoms with Crippen molar-refractivity contribution in [3.63, 3.8) is 0 Å². The van der Waals surface area contributed by atoms with Crippen LogP contribution in [0.2, 0.25) is 10.0 Å². The molecule has 28 heavy (non-hydrogen) atoms. The Balaban J connectivity index is 1.53. The minimum Gasteiger partial charge on any atom is -0.486 e. The Morgan fingerprint density at radius 3 is 2.64 bits per heavy atom. The molecule has 1 amide bonds. The van der Waals surface area contributed by atoms with Crippen LogP contribution >= 0.6 is 35.0 Å². The normalized spacial score (nSPS) is 10.7. The van der Waals surface area contributed by atoms with Gasteiger partial charge in [-0.05, 0) is 37.3 Å². The van der Waals surface area contributed by atoms with Crippen molar-refractivity contribution in [3.8, 4) is 5.75 Å². The minimum atomic E-state index is -0.199. The second-order valence-corrected chi connectivity index (χ2v) is 7.81. The molecule has 1 N–H and O–H groups in total. The van der Waals surface area contributed by atoms with E-state index in [2.05, 4.69) is 15.5 Å². The van der Waals surface area contributed by atoms with E-state index in [9.17, 15) is 4.79 Å². The number of hydrogen-bond acceptors (Lipinski definition) is 5. The Labute approximate surface area is 177 Å². The van der Waals surface area contributed by atoms with Crippen molar-refractivity contribution in [1.82, 2.24) is 14.8 Å². The number of carbonyl (C=O) groups excluding carboxylic acids is 1. The smallest absolute Gasteiger partial charge is 0.234 e. The molecule has 3 rings (SSSR count). The lowest BCUT2D eigenvalue weighted by Crippen LogP contribution is -2.15. The number of halogens is 2. The van der Waals surface area contributed by atoms with Crippen LogP contribution in [0.25, 0.3) is 0 Å². The average Bonchev–Trinajstić information content (AvgIpc) is 3.02. The molecule has 3 aromatic rings. The molecule has 0 aliphatic carbocycles. The molecule has 0 atom stereocenters. The number of amides is 1. The molecule has 6 nitrogen and oxygen atoms in total. The predicted molar refractivity (Wildman–Crippen MR) is 112 cm³/mol. The molecule has 0 aliphatic heterocycles. The summed E-state index contributed by atoms with van der Waals surface area (Å²) in [5.74, 6) is 1.41. The molecule has 0 fully saturated rings. The zero-order valence-electron chi connectivity index (χ0n) is 15.3. The van der Waals surface area contributed by atoms with Gasteiger partial charge in [-0.2, -0.15) is 0 Å². The van der Waals surface area contributed by atoms with Crippen molar-refractivity contribution in [2.75, 3.05) is 11.1 Å². The fraction of sp³-hybridized carbons (Fsp3) is 0.211. The molecule has 2 aromatic carbocycles. The summed E-state index contributed by atoms with van der Waals surface area (Å²) in [6.45, 7) is 2.31. The van der Waals surface area contributed by atoms with Gasteiger partial charge in [0.2, 0.25) is 5.91 Å². The van der Waals surface area contributed by atoms with Crippen molar-refractivity contribution in [2.24, 2.45) is 7.05 Å². The number of ether oxygens (including phenoxy) is 1. The topological polar surface area (TPSA) is 69.0 Å². The van der Waals surface area contributed by atoms with E-state index >= 15 is 0 Å². The third-order valence-corrected chi connectivity index (χ3v) is 5.42. The fourth-order valence-corrected chi connectivity index (χ4v) is 3.47. The third-order valence-electron chi connectivity index (χ3n) is 3.85. The second kappa shape index (κ2) is 9.32. The number of carbonyl (C=O) groups is 1. The minimum absolute atomic E-state index is 0.170. The van der Waals surface area contributed by atoms with Crippen LogP contribution in [0.3, 0.4) is 0 Å². The Morgan fingerprint density at radius 1 is 1.18 bits per heavy atom. The number of rotatable bonds is 7. The first-order chi connectivity index (χ1) is 13.4. The molecular formula is C19H18Cl2N4O2S. The van der Waals surface area contributed by atoms with Gasteiger partial charge in [0.25, 0.3) is 0 Å². The van der Waals surface area contributed by atoms with E-state index in [1.165, 1.54) is 17.3 Å². The molecule has 146 valence electrons. The summed E-state index contributed by atoms with van der Waals surface area (Å²) in [7, 11) is 1.84. The maximum atomic E-state index is 12.2. The van der Waals surface area contributed by atoms with E-state index in [0.29, 0.717) is 33.3 Å².